The summed E-state index contributed by atoms with van der Waals surface area (Å²) in [7, 11) is -3.46. The highest BCUT2D eigenvalue weighted by Gasteiger charge is 2.28. The highest BCUT2D eigenvalue weighted by atomic mass is 35.5. The van der Waals surface area contributed by atoms with Gasteiger partial charge in [0.15, 0.2) is 15.7 Å². The first-order valence-electron chi connectivity index (χ1n) is 11.4. The number of rotatable bonds is 11. The van der Waals surface area contributed by atoms with Gasteiger partial charge in [-0.3, -0.25) is 14.3 Å². The van der Waals surface area contributed by atoms with Crippen LogP contribution in [0.3, 0.4) is 0 Å². The molecule has 1 aromatic carbocycles. The van der Waals surface area contributed by atoms with E-state index in [2.05, 4.69) is 22.3 Å². The Morgan fingerprint density at radius 2 is 2.03 bits per heavy atom. The Morgan fingerprint density at radius 1 is 1.29 bits per heavy atom. The van der Waals surface area contributed by atoms with Crippen LogP contribution in [0.1, 0.15) is 50.0 Å². The molecule has 0 unspecified atom stereocenters. The van der Waals surface area contributed by atoms with Crippen molar-refractivity contribution in [1.29, 1.82) is 0 Å². The fraction of sp³-hybridized carbons (Fsp3) is 0.458. The van der Waals surface area contributed by atoms with Gasteiger partial charge in [-0.1, -0.05) is 49.4 Å². The zero-order valence-corrected chi connectivity index (χ0v) is 20.9. The van der Waals surface area contributed by atoms with Crippen molar-refractivity contribution in [2.75, 3.05) is 18.1 Å². The number of hydrogen-bond donors (Lipinski definition) is 2. The van der Waals surface area contributed by atoms with Crippen LogP contribution >= 0.6 is 11.6 Å². The minimum absolute atomic E-state index is 0.0498. The van der Waals surface area contributed by atoms with Crippen LogP contribution in [0.25, 0.3) is 0 Å². The number of nitrogens with one attached hydrogen (secondary N) is 2. The maximum absolute atomic E-state index is 13.3. The maximum atomic E-state index is 13.3. The summed E-state index contributed by atoms with van der Waals surface area (Å²) in [4.78, 5) is 25.1. The van der Waals surface area contributed by atoms with E-state index < -0.39 is 15.8 Å². The third kappa shape index (κ3) is 7.17. The SMILES string of the molecule is C=CCNC(=O)CCn1ccc(NC(=O)[C@H](CC2CCCC2)c2ccc(S(C)(=O)=O)c(Cl)c2)n1. The average Bonchev–Trinajstić information content (AvgIpc) is 3.45. The Kier molecular flexibility index (Phi) is 8.90. The normalized spacial score (nSPS) is 15.1. The summed E-state index contributed by atoms with van der Waals surface area (Å²) in [6.07, 6.45) is 9.79. The van der Waals surface area contributed by atoms with E-state index in [1.165, 1.54) is 6.07 Å². The molecule has 1 fully saturated rings. The number of halogens is 1. The van der Waals surface area contributed by atoms with Gasteiger partial charge in [0.1, 0.15) is 0 Å². The number of hydrogen-bond acceptors (Lipinski definition) is 5. The van der Waals surface area contributed by atoms with E-state index in [0.717, 1.165) is 31.9 Å². The summed E-state index contributed by atoms with van der Waals surface area (Å²) in [5, 5.41) is 10.1. The van der Waals surface area contributed by atoms with Crippen LogP contribution in [0.15, 0.2) is 48.0 Å². The van der Waals surface area contributed by atoms with Gasteiger partial charge in [0.05, 0.1) is 15.8 Å². The molecule has 1 heterocycles. The lowest BCUT2D eigenvalue weighted by Crippen LogP contribution is -2.25. The van der Waals surface area contributed by atoms with Crippen LogP contribution in [0.5, 0.6) is 0 Å². The lowest BCUT2D eigenvalue weighted by molar-refractivity contribution is -0.121. The molecule has 1 saturated carbocycles. The average molecular weight is 507 g/mol. The maximum Gasteiger partial charge on any atom is 0.233 e. The molecule has 0 bridgehead atoms. The van der Waals surface area contributed by atoms with Gasteiger partial charge in [0, 0.05) is 38.0 Å². The molecule has 2 amide bonds. The first-order chi connectivity index (χ1) is 16.2. The van der Waals surface area contributed by atoms with Crippen molar-refractivity contribution < 1.29 is 18.0 Å². The van der Waals surface area contributed by atoms with Gasteiger partial charge in [-0.25, -0.2) is 8.42 Å². The van der Waals surface area contributed by atoms with Crippen LogP contribution < -0.4 is 10.6 Å². The second kappa shape index (κ2) is 11.7. The lowest BCUT2D eigenvalue weighted by atomic mass is 9.87. The van der Waals surface area contributed by atoms with E-state index in [1.807, 2.05) is 0 Å². The molecule has 1 atom stereocenters. The number of nitrogens with zero attached hydrogens (tertiary/aromatic N) is 2. The first kappa shape index (κ1) is 26.0. The van der Waals surface area contributed by atoms with Crippen molar-refractivity contribution in [2.45, 2.75) is 55.9 Å². The van der Waals surface area contributed by atoms with E-state index in [-0.39, 0.29) is 28.2 Å². The molecular weight excluding hydrogens is 476 g/mol. The number of aromatic nitrogens is 2. The minimum Gasteiger partial charge on any atom is -0.353 e. The zero-order valence-electron chi connectivity index (χ0n) is 19.3. The van der Waals surface area contributed by atoms with Crippen LogP contribution in [-0.4, -0.2) is 42.8 Å². The summed E-state index contributed by atoms with van der Waals surface area (Å²) in [6, 6.07) is 6.40. The Hall–Kier alpha value is -2.65. The third-order valence-electron chi connectivity index (χ3n) is 6.02. The van der Waals surface area contributed by atoms with E-state index in [0.29, 0.717) is 36.8 Å². The lowest BCUT2D eigenvalue weighted by Gasteiger charge is -2.21. The van der Waals surface area contributed by atoms with Gasteiger partial charge in [-0.05, 0) is 30.0 Å². The second-order valence-corrected chi connectivity index (χ2v) is 11.1. The Bertz CT molecular complexity index is 1140. The first-order valence-corrected chi connectivity index (χ1v) is 13.7. The van der Waals surface area contributed by atoms with Crippen LogP contribution in [-0.2, 0) is 26.0 Å². The van der Waals surface area contributed by atoms with Crippen molar-refractivity contribution in [3.8, 4) is 0 Å². The molecule has 184 valence electrons. The molecule has 1 aliphatic carbocycles. The number of benzene rings is 1. The monoisotopic (exact) mass is 506 g/mol. The van der Waals surface area contributed by atoms with Crippen molar-refractivity contribution in [3.63, 3.8) is 0 Å². The molecule has 1 aliphatic rings. The zero-order chi connectivity index (χ0) is 24.7. The van der Waals surface area contributed by atoms with Crippen molar-refractivity contribution in [2.24, 2.45) is 5.92 Å². The van der Waals surface area contributed by atoms with E-state index in [9.17, 15) is 18.0 Å². The van der Waals surface area contributed by atoms with Crippen LogP contribution in [0.4, 0.5) is 5.82 Å². The van der Waals surface area contributed by atoms with Crippen molar-refractivity contribution >= 4 is 39.1 Å². The highest BCUT2D eigenvalue weighted by molar-refractivity contribution is 7.90. The number of aryl methyl sites for hydroxylation is 1. The highest BCUT2D eigenvalue weighted by Crippen LogP contribution is 2.36. The van der Waals surface area contributed by atoms with Gasteiger partial charge < -0.3 is 10.6 Å². The molecule has 8 nitrogen and oxygen atoms in total. The summed E-state index contributed by atoms with van der Waals surface area (Å²) in [6.45, 7) is 4.36. The van der Waals surface area contributed by atoms with Gasteiger partial charge in [-0.15, -0.1) is 6.58 Å². The molecule has 0 saturated heterocycles. The Morgan fingerprint density at radius 3 is 2.68 bits per heavy atom. The molecule has 0 aliphatic heterocycles. The third-order valence-corrected chi connectivity index (χ3v) is 7.60. The molecular formula is C24H31ClN4O4S. The van der Waals surface area contributed by atoms with Crippen LogP contribution in [0.2, 0.25) is 5.02 Å². The summed E-state index contributed by atoms with van der Waals surface area (Å²) < 4.78 is 25.5. The molecule has 10 heteroatoms. The summed E-state index contributed by atoms with van der Waals surface area (Å²) in [5.74, 6) is 0.0163. The van der Waals surface area contributed by atoms with Gasteiger partial charge in [0.25, 0.3) is 0 Å². The summed E-state index contributed by atoms with van der Waals surface area (Å²) in [5.41, 5.74) is 0.681. The summed E-state index contributed by atoms with van der Waals surface area (Å²) >= 11 is 6.27. The fourth-order valence-corrected chi connectivity index (χ4v) is 5.60. The number of carbonyl (C=O) groups is 2. The molecule has 2 N–H and O–H groups in total. The number of sulfone groups is 1. The number of amides is 2. The smallest absolute Gasteiger partial charge is 0.233 e. The largest absolute Gasteiger partial charge is 0.353 e. The standard InChI is InChI=1S/C24H31ClN4O4S/c1-3-12-26-23(30)11-14-29-13-10-22(28-29)27-24(31)19(15-17-6-4-5-7-17)18-8-9-21(20(25)16-18)34(2,32)33/h3,8-10,13,16-17,19H,1,4-7,11-12,14-15H2,2H3,(H,26,30)(H,27,28,31)/t19-/m1/s1. The molecule has 1 aromatic heterocycles. The van der Waals surface area contributed by atoms with E-state index >= 15 is 0 Å². The molecule has 3 rings (SSSR count). The van der Waals surface area contributed by atoms with E-state index in [1.54, 1.807) is 35.2 Å². The Balaban J connectivity index is 1.72. The van der Waals surface area contributed by atoms with Crippen LogP contribution in [0, 0.1) is 5.92 Å². The van der Waals surface area contributed by atoms with Gasteiger partial charge >= 0.3 is 0 Å². The van der Waals surface area contributed by atoms with Crippen molar-refractivity contribution in [1.82, 2.24) is 15.1 Å². The van der Waals surface area contributed by atoms with E-state index in [4.69, 9.17) is 11.6 Å². The molecule has 0 radical (unpaired) electrons. The Labute approximate surface area is 205 Å². The van der Waals surface area contributed by atoms with Gasteiger partial charge in [-0.2, -0.15) is 5.10 Å². The predicted molar refractivity (Wildman–Crippen MR) is 133 cm³/mol. The van der Waals surface area contributed by atoms with Crippen molar-refractivity contribution in [3.05, 3.63) is 53.7 Å². The molecule has 0 spiro atoms. The quantitative estimate of drug-likeness (QED) is 0.448. The number of carbonyl (C=O) groups excluding carboxylic acids is 2. The second-order valence-electron chi connectivity index (χ2n) is 8.70. The predicted octanol–water partition coefficient (Wildman–Crippen LogP) is 3.93. The number of anilines is 1. The topological polar surface area (TPSA) is 110 Å². The van der Waals surface area contributed by atoms with Gasteiger partial charge in [0.2, 0.25) is 11.8 Å². The molecule has 34 heavy (non-hydrogen) atoms. The minimum atomic E-state index is -3.46. The molecule has 2 aromatic rings. The fourth-order valence-electron chi connectivity index (χ4n) is 4.27.